The first kappa shape index (κ1) is 20.4. The fourth-order valence-electron chi connectivity index (χ4n) is 2.81. The Morgan fingerprint density at radius 2 is 1.81 bits per heavy atom. The van der Waals surface area contributed by atoms with Gasteiger partial charge in [0.25, 0.3) is 0 Å². The van der Waals surface area contributed by atoms with Gasteiger partial charge in [0.15, 0.2) is 0 Å². The number of nitrogens with two attached hydrogens (primary N) is 1. The Labute approximate surface area is 132 Å². The second-order valence-corrected chi connectivity index (χ2v) is 7.40. The Balaban J connectivity index is 4.07. The van der Waals surface area contributed by atoms with E-state index in [2.05, 4.69) is 39.9 Å². The van der Waals surface area contributed by atoms with Crippen molar-refractivity contribution in [3.8, 4) is 0 Å². The predicted octanol–water partition coefficient (Wildman–Crippen LogP) is 4.11. The van der Waals surface area contributed by atoms with E-state index in [1.807, 2.05) is 0 Å². The summed E-state index contributed by atoms with van der Waals surface area (Å²) in [6.45, 7) is 12.7. The summed E-state index contributed by atoms with van der Waals surface area (Å²) in [6.07, 6.45) is 7.45. The van der Waals surface area contributed by atoms with Crippen molar-refractivity contribution in [3.63, 3.8) is 0 Å². The first-order valence-corrected chi connectivity index (χ1v) is 8.81. The lowest BCUT2D eigenvalue weighted by molar-refractivity contribution is -0.121. The lowest BCUT2D eigenvalue weighted by Crippen LogP contribution is -2.31. The number of hydrogen-bond donors (Lipinski definition) is 2. The summed E-state index contributed by atoms with van der Waals surface area (Å²) in [5, 5.41) is 3.12. The molecule has 0 saturated heterocycles. The van der Waals surface area contributed by atoms with Crippen molar-refractivity contribution < 1.29 is 4.79 Å². The molecule has 0 heterocycles. The molecule has 1 amide bonds. The minimum atomic E-state index is 0.205. The maximum Gasteiger partial charge on any atom is 0.220 e. The van der Waals surface area contributed by atoms with E-state index in [-0.39, 0.29) is 11.3 Å². The van der Waals surface area contributed by atoms with Crippen LogP contribution in [0.25, 0.3) is 0 Å². The Morgan fingerprint density at radius 1 is 1.14 bits per heavy atom. The lowest BCUT2D eigenvalue weighted by Gasteiger charge is -2.30. The van der Waals surface area contributed by atoms with E-state index in [0.29, 0.717) is 24.8 Å². The average Bonchev–Trinajstić information content (AvgIpc) is 2.42. The molecule has 0 bridgehead atoms. The van der Waals surface area contributed by atoms with Crippen molar-refractivity contribution in [1.29, 1.82) is 0 Å². The normalized spacial score (nSPS) is 14.8. The van der Waals surface area contributed by atoms with E-state index in [9.17, 15) is 4.79 Å². The van der Waals surface area contributed by atoms with E-state index in [1.54, 1.807) is 0 Å². The van der Waals surface area contributed by atoms with Crippen LogP contribution in [0.3, 0.4) is 0 Å². The quantitative estimate of drug-likeness (QED) is 0.603. The summed E-state index contributed by atoms with van der Waals surface area (Å²) in [5.74, 6) is 1.36. The first-order valence-electron chi connectivity index (χ1n) is 8.81. The number of amides is 1. The standard InChI is InChI=1S/C18H38N2O/c1-6-8-9-15(7-2)14-20-17(21)11-10-16(12-13-19)18(3,4)5/h15-16H,6-14,19H2,1-5H3,(H,20,21). The minimum absolute atomic E-state index is 0.205. The molecule has 0 aliphatic carbocycles. The summed E-state index contributed by atoms with van der Waals surface area (Å²) < 4.78 is 0. The molecule has 0 aromatic rings. The van der Waals surface area contributed by atoms with Gasteiger partial charge in [-0.3, -0.25) is 4.79 Å². The number of carbonyl (C=O) groups excluding carboxylic acids is 1. The van der Waals surface area contributed by atoms with E-state index >= 15 is 0 Å². The van der Waals surface area contributed by atoms with Crippen LogP contribution in [0.15, 0.2) is 0 Å². The van der Waals surface area contributed by atoms with Gasteiger partial charge in [-0.15, -0.1) is 0 Å². The van der Waals surface area contributed by atoms with Crippen molar-refractivity contribution in [3.05, 3.63) is 0 Å². The van der Waals surface area contributed by atoms with E-state index in [1.165, 1.54) is 19.3 Å². The van der Waals surface area contributed by atoms with Crippen molar-refractivity contribution in [1.82, 2.24) is 5.32 Å². The number of nitrogens with one attached hydrogen (secondary N) is 1. The highest BCUT2D eigenvalue weighted by molar-refractivity contribution is 5.75. The molecular weight excluding hydrogens is 260 g/mol. The summed E-state index contributed by atoms with van der Waals surface area (Å²) in [7, 11) is 0. The average molecular weight is 299 g/mol. The Bertz CT molecular complexity index is 271. The summed E-state index contributed by atoms with van der Waals surface area (Å²) in [4.78, 5) is 12.0. The zero-order valence-electron chi connectivity index (χ0n) is 15.0. The van der Waals surface area contributed by atoms with Gasteiger partial charge in [0, 0.05) is 13.0 Å². The molecule has 3 nitrogen and oxygen atoms in total. The third kappa shape index (κ3) is 9.89. The van der Waals surface area contributed by atoms with Crippen LogP contribution in [0, 0.1) is 17.3 Å². The van der Waals surface area contributed by atoms with Gasteiger partial charge in [0.2, 0.25) is 5.91 Å². The van der Waals surface area contributed by atoms with Crippen molar-refractivity contribution >= 4 is 5.91 Å². The second kappa shape index (κ2) is 11.1. The van der Waals surface area contributed by atoms with Crippen molar-refractivity contribution in [2.24, 2.45) is 23.0 Å². The molecule has 3 heteroatoms. The smallest absolute Gasteiger partial charge is 0.220 e. The molecule has 126 valence electrons. The van der Waals surface area contributed by atoms with Crippen LogP contribution in [0.1, 0.15) is 79.6 Å². The Kier molecular flexibility index (Phi) is 10.8. The van der Waals surface area contributed by atoms with Gasteiger partial charge in [0.1, 0.15) is 0 Å². The number of unbranched alkanes of at least 4 members (excludes halogenated alkanes) is 1. The van der Waals surface area contributed by atoms with Gasteiger partial charge < -0.3 is 11.1 Å². The Hall–Kier alpha value is -0.570. The molecule has 2 atom stereocenters. The molecule has 0 spiro atoms. The molecule has 0 aromatic carbocycles. The third-order valence-corrected chi connectivity index (χ3v) is 4.59. The highest BCUT2D eigenvalue weighted by Gasteiger charge is 2.24. The zero-order chi connectivity index (χ0) is 16.3. The molecule has 0 saturated carbocycles. The maximum atomic E-state index is 12.0. The van der Waals surface area contributed by atoms with Crippen LogP contribution in [-0.2, 0) is 4.79 Å². The highest BCUT2D eigenvalue weighted by Crippen LogP contribution is 2.32. The molecule has 0 fully saturated rings. The van der Waals surface area contributed by atoms with Crippen molar-refractivity contribution in [2.45, 2.75) is 79.6 Å². The van der Waals surface area contributed by atoms with E-state index < -0.39 is 0 Å². The zero-order valence-corrected chi connectivity index (χ0v) is 15.0. The molecule has 3 N–H and O–H groups in total. The van der Waals surface area contributed by atoms with Gasteiger partial charge in [0.05, 0.1) is 0 Å². The fourth-order valence-corrected chi connectivity index (χ4v) is 2.81. The monoisotopic (exact) mass is 298 g/mol. The molecule has 21 heavy (non-hydrogen) atoms. The van der Waals surface area contributed by atoms with Gasteiger partial charge >= 0.3 is 0 Å². The SMILES string of the molecule is CCCCC(CC)CNC(=O)CCC(CCN)C(C)(C)C. The summed E-state index contributed by atoms with van der Waals surface area (Å²) in [5.41, 5.74) is 5.92. The van der Waals surface area contributed by atoms with Gasteiger partial charge in [-0.25, -0.2) is 0 Å². The largest absolute Gasteiger partial charge is 0.356 e. The van der Waals surface area contributed by atoms with Crippen LogP contribution in [0.2, 0.25) is 0 Å². The first-order chi connectivity index (χ1) is 9.85. The molecular formula is C18H38N2O. The van der Waals surface area contributed by atoms with Gasteiger partial charge in [-0.05, 0) is 43.1 Å². The van der Waals surface area contributed by atoms with Crippen LogP contribution in [-0.4, -0.2) is 19.0 Å². The maximum absolute atomic E-state index is 12.0. The van der Waals surface area contributed by atoms with Crippen LogP contribution >= 0.6 is 0 Å². The van der Waals surface area contributed by atoms with E-state index in [4.69, 9.17) is 5.73 Å². The number of carbonyl (C=O) groups is 1. The van der Waals surface area contributed by atoms with Crippen LogP contribution in [0.4, 0.5) is 0 Å². The lowest BCUT2D eigenvalue weighted by atomic mass is 9.76. The van der Waals surface area contributed by atoms with Crippen LogP contribution in [0.5, 0.6) is 0 Å². The molecule has 0 aliphatic rings. The van der Waals surface area contributed by atoms with Crippen LogP contribution < -0.4 is 11.1 Å². The van der Waals surface area contributed by atoms with Gasteiger partial charge in [-0.1, -0.05) is 53.9 Å². The van der Waals surface area contributed by atoms with Crippen molar-refractivity contribution in [2.75, 3.05) is 13.1 Å². The highest BCUT2D eigenvalue weighted by atomic mass is 16.1. The van der Waals surface area contributed by atoms with Gasteiger partial charge in [-0.2, -0.15) is 0 Å². The minimum Gasteiger partial charge on any atom is -0.356 e. The third-order valence-electron chi connectivity index (χ3n) is 4.59. The fraction of sp³-hybridized carbons (Fsp3) is 0.944. The molecule has 0 aliphatic heterocycles. The number of hydrogen-bond acceptors (Lipinski definition) is 2. The molecule has 0 aromatic heterocycles. The number of rotatable bonds is 11. The second-order valence-electron chi connectivity index (χ2n) is 7.40. The summed E-state index contributed by atoms with van der Waals surface area (Å²) in [6, 6.07) is 0. The Morgan fingerprint density at radius 3 is 2.29 bits per heavy atom. The molecule has 2 unspecified atom stereocenters. The summed E-state index contributed by atoms with van der Waals surface area (Å²) >= 11 is 0. The molecule has 0 rings (SSSR count). The topological polar surface area (TPSA) is 55.1 Å². The predicted molar refractivity (Wildman–Crippen MR) is 92.2 cm³/mol. The molecule has 0 radical (unpaired) electrons. The van der Waals surface area contributed by atoms with E-state index in [0.717, 1.165) is 25.8 Å².